The molecule has 0 aliphatic heterocycles. The van der Waals surface area contributed by atoms with E-state index in [0.29, 0.717) is 11.6 Å². The van der Waals surface area contributed by atoms with E-state index in [1.54, 1.807) is 0 Å². The van der Waals surface area contributed by atoms with Crippen LogP contribution in [0.15, 0.2) is 48.5 Å². The molecule has 1 atom stereocenters. The number of imidazole rings is 1. The number of nitrogens with two attached hydrogens (primary N) is 1. The van der Waals surface area contributed by atoms with Crippen LogP contribution in [0.4, 0.5) is 0 Å². The normalized spacial score (nSPS) is 12.7. The van der Waals surface area contributed by atoms with Crippen LogP contribution in [0.25, 0.3) is 11.0 Å². The van der Waals surface area contributed by atoms with Crippen molar-refractivity contribution in [1.29, 1.82) is 0 Å². The second-order valence-electron chi connectivity index (χ2n) is 4.91. The molecule has 0 spiro atoms. The van der Waals surface area contributed by atoms with E-state index in [1.807, 2.05) is 36.4 Å². The molecule has 0 bridgehead atoms. The number of halogens is 1. The van der Waals surface area contributed by atoms with Crippen molar-refractivity contribution in [3.8, 4) is 0 Å². The molecule has 3 N–H and O–H groups in total. The topological polar surface area (TPSA) is 54.7 Å². The van der Waals surface area contributed by atoms with Gasteiger partial charge in [0.2, 0.25) is 0 Å². The summed E-state index contributed by atoms with van der Waals surface area (Å²) in [6.07, 6.45) is 0.880. The van der Waals surface area contributed by atoms with Gasteiger partial charge in [0.1, 0.15) is 5.82 Å². The third-order valence-electron chi connectivity index (χ3n) is 3.46. The zero-order valence-electron chi connectivity index (χ0n) is 11.0. The van der Waals surface area contributed by atoms with Gasteiger partial charge in [-0.15, -0.1) is 0 Å². The van der Waals surface area contributed by atoms with Crippen LogP contribution in [-0.4, -0.2) is 16.5 Å². The van der Waals surface area contributed by atoms with Gasteiger partial charge < -0.3 is 10.7 Å². The lowest BCUT2D eigenvalue weighted by atomic mass is 9.99. The Labute approximate surface area is 122 Å². The van der Waals surface area contributed by atoms with Crippen LogP contribution in [0.2, 0.25) is 5.02 Å². The van der Waals surface area contributed by atoms with Crippen LogP contribution in [0.5, 0.6) is 0 Å². The summed E-state index contributed by atoms with van der Waals surface area (Å²) >= 11 is 6.00. The highest BCUT2D eigenvalue weighted by atomic mass is 35.5. The summed E-state index contributed by atoms with van der Waals surface area (Å²) < 4.78 is 0. The summed E-state index contributed by atoms with van der Waals surface area (Å²) in [4.78, 5) is 7.96. The van der Waals surface area contributed by atoms with Gasteiger partial charge in [-0.1, -0.05) is 41.9 Å². The Kier molecular flexibility index (Phi) is 3.72. The van der Waals surface area contributed by atoms with Gasteiger partial charge in [-0.25, -0.2) is 4.98 Å². The molecule has 1 aromatic heterocycles. The minimum absolute atomic E-state index is 0.184. The first-order valence-electron chi connectivity index (χ1n) is 6.65. The molecule has 3 rings (SSSR count). The molecule has 2 aromatic carbocycles. The lowest BCUT2D eigenvalue weighted by Crippen LogP contribution is -2.16. The Hall–Kier alpha value is -1.84. The second kappa shape index (κ2) is 5.65. The van der Waals surface area contributed by atoms with Crippen molar-refractivity contribution in [3.05, 3.63) is 64.9 Å². The summed E-state index contributed by atoms with van der Waals surface area (Å²) in [6, 6.07) is 16.0. The van der Waals surface area contributed by atoms with Crippen LogP contribution >= 0.6 is 11.6 Å². The summed E-state index contributed by atoms with van der Waals surface area (Å²) in [6.45, 7) is 0.558. The van der Waals surface area contributed by atoms with Crippen molar-refractivity contribution in [1.82, 2.24) is 9.97 Å². The van der Waals surface area contributed by atoms with E-state index in [1.165, 1.54) is 5.56 Å². The largest absolute Gasteiger partial charge is 0.342 e. The highest BCUT2D eigenvalue weighted by Crippen LogP contribution is 2.22. The number of nitrogens with zero attached hydrogens (tertiary/aromatic N) is 1. The van der Waals surface area contributed by atoms with Crippen molar-refractivity contribution >= 4 is 22.6 Å². The monoisotopic (exact) mass is 285 g/mol. The van der Waals surface area contributed by atoms with Crippen molar-refractivity contribution in [3.63, 3.8) is 0 Å². The number of aromatic nitrogens is 2. The van der Waals surface area contributed by atoms with E-state index in [2.05, 4.69) is 22.1 Å². The molecule has 3 nitrogen and oxygen atoms in total. The van der Waals surface area contributed by atoms with Gasteiger partial charge in [0.25, 0.3) is 0 Å². The minimum atomic E-state index is 0.184. The molecule has 1 heterocycles. The zero-order chi connectivity index (χ0) is 13.9. The third-order valence-corrected chi connectivity index (χ3v) is 3.69. The van der Waals surface area contributed by atoms with E-state index in [-0.39, 0.29) is 5.92 Å². The molecule has 0 saturated heterocycles. The Morgan fingerprint density at radius 1 is 1.15 bits per heavy atom. The molecule has 0 fully saturated rings. The molecule has 3 aromatic rings. The van der Waals surface area contributed by atoms with Crippen molar-refractivity contribution in [2.24, 2.45) is 5.73 Å². The first-order valence-corrected chi connectivity index (χ1v) is 7.03. The maximum atomic E-state index is 6.00. The van der Waals surface area contributed by atoms with Gasteiger partial charge in [-0.05, 0) is 30.2 Å². The van der Waals surface area contributed by atoms with Crippen LogP contribution in [0.3, 0.4) is 0 Å². The van der Waals surface area contributed by atoms with Crippen LogP contribution in [0, 0.1) is 0 Å². The highest BCUT2D eigenvalue weighted by molar-refractivity contribution is 6.31. The average Bonchev–Trinajstić information content (AvgIpc) is 2.88. The number of hydrogen-bond acceptors (Lipinski definition) is 2. The zero-order valence-corrected chi connectivity index (χ0v) is 11.8. The molecule has 0 saturated carbocycles. The number of aromatic amines is 1. The molecular formula is C16H16ClN3. The van der Waals surface area contributed by atoms with Gasteiger partial charge in [-0.2, -0.15) is 0 Å². The first kappa shape index (κ1) is 13.2. The molecule has 0 radical (unpaired) electrons. The van der Waals surface area contributed by atoms with Crippen molar-refractivity contribution in [2.75, 3.05) is 6.54 Å². The van der Waals surface area contributed by atoms with E-state index in [9.17, 15) is 0 Å². The first-order chi connectivity index (χ1) is 9.76. The fourth-order valence-corrected chi connectivity index (χ4v) is 2.56. The van der Waals surface area contributed by atoms with E-state index in [0.717, 1.165) is 23.3 Å². The van der Waals surface area contributed by atoms with Crippen molar-refractivity contribution < 1.29 is 0 Å². The van der Waals surface area contributed by atoms with Gasteiger partial charge in [0.15, 0.2) is 0 Å². The number of nitrogens with one attached hydrogen (secondary N) is 1. The maximum absolute atomic E-state index is 6.00. The number of rotatable bonds is 4. The third kappa shape index (κ3) is 2.69. The summed E-state index contributed by atoms with van der Waals surface area (Å²) in [7, 11) is 0. The van der Waals surface area contributed by atoms with Crippen LogP contribution < -0.4 is 5.73 Å². The highest BCUT2D eigenvalue weighted by Gasteiger charge is 2.15. The van der Waals surface area contributed by atoms with Gasteiger partial charge in [0.05, 0.1) is 11.0 Å². The number of H-pyrrole nitrogens is 1. The second-order valence-corrected chi connectivity index (χ2v) is 5.34. The molecule has 20 heavy (non-hydrogen) atoms. The summed E-state index contributed by atoms with van der Waals surface area (Å²) in [5, 5.41) is 0.708. The number of hydrogen-bond donors (Lipinski definition) is 2. The Balaban J connectivity index is 1.91. The predicted molar refractivity (Wildman–Crippen MR) is 83.0 cm³/mol. The van der Waals surface area contributed by atoms with Gasteiger partial charge in [-0.3, -0.25) is 0 Å². The maximum Gasteiger partial charge on any atom is 0.111 e. The lowest BCUT2D eigenvalue weighted by Gasteiger charge is -2.11. The fraction of sp³-hybridized carbons (Fsp3) is 0.188. The molecule has 0 amide bonds. The van der Waals surface area contributed by atoms with E-state index >= 15 is 0 Å². The van der Waals surface area contributed by atoms with Gasteiger partial charge >= 0.3 is 0 Å². The van der Waals surface area contributed by atoms with E-state index in [4.69, 9.17) is 17.3 Å². The molecule has 0 aliphatic carbocycles. The van der Waals surface area contributed by atoms with Crippen LogP contribution in [0.1, 0.15) is 17.3 Å². The number of benzene rings is 2. The van der Waals surface area contributed by atoms with E-state index < -0.39 is 0 Å². The van der Waals surface area contributed by atoms with Crippen molar-refractivity contribution in [2.45, 2.75) is 12.3 Å². The fourth-order valence-electron chi connectivity index (χ4n) is 2.39. The lowest BCUT2D eigenvalue weighted by molar-refractivity contribution is 0.658. The molecular weight excluding hydrogens is 270 g/mol. The predicted octanol–water partition coefficient (Wildman–Crippen LogP) is 3.50. The quantitative estimate of drug-likeness (QED) is 0.771. The molecule has 4 heteroatoms. The standard InChI is InChI=1S/C16H16ClN3/c17-13-6-7-14-15(9-13)20-16(19-14)12(10-18)8-11-4-2-1-3-5-11/h1-7,9,12H,8,10,18H2,(H,19,20). The summed E-state index contributed by atoms with van der Waals surface area (Å²) in [5.74, 6) is 1.11. The average molecular weight is 286 g/mol. The minimum Gasteiger partial charge on any atom is -0.342 e. The summed E-state index contributed by atoms with van der Waals surface area (Å²) in [5.41, 5.74) is 9.07. The number of fused-ring (bicyclic) bond motifs is 1. The Bertz CT molecular complexity index is 706. The molecule has 1 unspecified atom stereocenters. The smallest absolute Gasteiger partial charge is 0.111 e. The Morgan fingerprint density at radius 3 is 2.70 bits per heavy atom. The Morgan fingerprint density at radius 2 is 1.95 bits per heavy atom. The molecule has 0 aliphatic rings. The molecule has 102 valence electrons. The van der Waals surface area contributed by atoms with Gasteiger partial charge in [0, 0.05) is 17.5 Å². The SMILES string of the molecule is NCC(Cc1ccccc1)c1nc2ccc(Cl)cc2[nH]1. The van der Waals surface area contributed by atoms with Crippen LogP contribution in [-0.2, 0) is 6.42 Å².